The number of hydrogen-bond acceptors (Lipinski definition) is 7. The predicted molar refractivity (Wildman–Crippen MR) is 147 cm³/mol. The number of methoxy groups -OCH3 is 1. The lowest BCUT2D eigenvalue weighted by molar-refractivity contribution is -0.147. The smallest absolute Gasteiger partial charge is 0.326 e. The van der Waals surface area contributed by atoms with Crippen molar-refractivity contribution in [2.75, 3.05) is 45.3 Å². The van der Waals surface area contributed by atoms with E-state index in [1.807, 2.05) is 4.90 Å². The molecule has 0 bridgehead atoms. The van der Waals surface area contributed by atoms with Gasteiger partial charge in [-0.1, -0.05) is 36.4 Å². The van der Waals surface area contributed by atoms with Crippen molar-refractivity contribution in [3.8, 4) is 0 Å². The van der Waals surface area contributed by atoms with Gasteiger partial charge in [0.1, 0.15) is 18.5 Å². The average Bonchev–Trinajstić information content (AvgIpc) is 2.95. The fourth-order valence-electron chi connectivity index (χ4n) is 4.68. The second-order valence-corrected chi connectivity index (χ2v) is 10.2. The highest BCUT2D eigenvalue weighted by atomic mass is 19.1. The van der Waals surface area contributed by atoms with E-state index < -0.39 is 36.3 Å². The molecule has 1 amide bonds. The van der Waals surface area contributed by atoms with Gasteiger partial charge in [0.05, 0.1) is 6.10 Å². The Morgan fingerprint density at radius 2 is 1.97 bits per heavy atom. The summed E-state index contributed by atoms with van der Waals surface area (Å²) in [5, 5.41) is 26.3. The van der Waals surface area contributed by atoms with Crippen LogP contribution in [0.15, 0.2) is 42.5 Å². The number of unbranched alkanes of at least 4 members (excludes halogenated alkanes) is 1. The monoisotopic (exact) mass is 544 g/mol. The number of carbonyl (C=O) groups is 2. The van der Waals surface area contributed by atoms with Crippen LogP contribution in [0.4, 0.5) is 10.2 Å². The van der Waals surface area contributed by atoms with E-state index in [0.29, 0.717) is 25.2 Å². The van der Waals surface area contributed by atoms with Crippen LogP contribution in [0.3, 0.4) is 0 Å². The number of aliphatic hydroxyl groups is 1. The van der Waals surface area contributed by atoms with E-state index in [1.165, 1.54) is 19.6 Å². The summed E-state index contributed by atoms with van der Waals surface area (Å²) in [6, 6.07) is 11.3. The van der Waals surface area contributed by atoms with Crippen molar-refractivity contribution in [3.05, 3.63) is 59.3 Å². The number of halogens is 1. The third kappa shape index (κ3) is 8.98. The van der Waals surface area contributed by atoms with E-state index >= 15 is 0 Å². The zero-order valence-corrected chi connectivity index (χ0v) is 22.9. The SMILES string of the molecule is COC(CF)CN(CCCCc1ccc2c(n1)NCCC2)CC[C@H](NC(=O)[C@](C)(O)c1ccccc1)C(=O)O. The number of pyridine rings is 1. The summed E-state index contributed by atoms with van der Waals surface area (Å²) < 4.78 is 18.6. The zero-order valence-electron chi connectivity index (χ0n) is 22.9. The highest BCUT2D eigenvalue weighted by Gasteiger charge is 2.35. The molecule has 0 spiro atoms. The summed E-state index contributed by atoms with van der Waals surface area (Å²) in [4.78, 5) is 31.5. The Bertz CT molecular complexity index is 1060. The van der Waals surface area contributed by atoms with Gasteiger partial charge in [-0.25, -0.2) is 14.2 Å². The van der Waals surface area contributed by atoms with E-state index in [9.17, 15) is 24.2 Å². The Balaban J connectivity index is 1.55. The molecule has 1 aromatic heterocycles. The van der Waals surface area contributed by atoms with Crippen LogP contribution in [0, 0.1) is 0 Å². The van der Waals surface area contributed by atoms with Gasteiger partial charge in [-0.3, -0.25) is 4.79 Å². The molecule has 1 aliphatic heterocycles. The number of benzene rings is 1. The van der Waals surface area contributed by atoms with Crippen LogP contribution >= 0.6 is 0 Å². The van der Waals surface area contributed by atoms with Crippen LogP contribution < -0.4 is 10.6 Å². The van der Waals surface area contributed by atoms with Crippen LogP contribution in [0.5, 0.6) is 0 Å². The highest BCUT2D eigenvalue weighted by Crippen LogP contribution is 2.22. The van der Waals surface area contributed by atoms with Gasteiger partial charge in [0.2, 0.25) is 0 Å². The molecule has 214 valence electrons. The lowest BCUT2D eigenvalue weighted by atomic mass is 9.94. The molecule has 10 heteroatoms. The van der Waals surface area contributed by atoms with E-state index in [-0.39, 0.29) is 6.42 Å². The average molecular weight is 545 g/mol. The number of carboxylic acids is 1. The quantitative estimate of drug-likeness (QED) is 0.238. The number of alkyl halides is 1. The second-order valence-electron chi connectivity index (χ2n) is 10.2. The number of aryl methyl sites for hydroxylation is 2. The molecule has 1 unspecified atom stereocenters. The third-order valence-electron chi connectivity index (χ3n) is 7.19. The maximum absolute atomic E-state index is 13.4. The van der Waals surface area contributed by atoms with Gasteiger partial charge in [-0.05, 0) is 69.2 Å². The topological polar surface area (TPSA) is 124 Å². The summed E-state index contributed by atoms with van der Waals surface area (Å²) >= 11 is 0. The largest absolute Gasteiger partial charge is 0.480 e. The van der Waals surface area contributed by atoms with Crippen molar-refractivity contribution in [1.29, 1.82) is 0 Å². The molecular weight excluding hydrogens is 503 g/mol. The Morgan fingerprint density at radius 1 is 1.21 bits per heavy atom. The number of amides is 1. The summed E-state index contributed by atoms with van der Waals surface area (Å²) in [6.45, 7) is 2.85. The molecule has 4 N–H and O–H groups in total. The normalized spacial score (nSPS) is 16.0. The number of carboxylic acid groups (broad SMARTS) is 1. The highest BCUT2D eigenvalue weighted by molar-refractivity contribution is 5.89. The lowest BCUT2D eigenvalue weighted by Gasteiger charge is -2.28. The van der Waals surface area contributed by atoms with Gasteiger partial charge in [0, 0.05) is 32.4 Å². The maximum atomic E-state index is 13.4. The van der Waals surface area contributed by atoms with Crippen molar-refractivity contribution in [3.63, 3.8) is 0 Å². The van der Waals surface area contributed by atoms with Crippen molar-refractivity contribution < 1.29 is 28.9 Å². The Kier molecular flexibility index (Phi) is 11.6. The minimum Gasteiger partial charge on any atom is -0.480 e. The predicted octanol–water partition coefficient (Wildman–Crippen LogP) is 2.92. The van der Waals surface area contributed by atoms with Crippen LogP contribution in [0.2, 0.25) is 0 Å². The number of nitrogens with one attached hydrogen (secondary N) is 2. The second kappa shape index (κ2) is 14.9. The molecular formula is C29H41FN4O5. The third-order valence-corrected chi connectivity index (χ3v) is 7.19. The van der Waals surface area contributed by atoms with Crippen LogP contribution in [-0.2, 0) is 32.8 Å². The van der Waals surface area contributed by atoms with Crippen LogP contribution in [0.25, 0.3) is 0 Å². The first-order valence-corrected chi connectivity index (χ1v) is 13.6. The maximum Gasteiger partial charge on any atom is 0.326 e. The van der Waals surface area contributed by atoms with Crippen molar-refractivity contribution in [1.82, 2.24) is 15.2 Å². The molecule has 2 aromatic rings. The van der Waals surface area contributed by atoms with E-state index in [4.69, 9.17) is 9.72 Å². The Morgan fingerprint density at radius 3 is 2.67 bits per heavy atom. The molecule has 2 heterocycles. The Labute approximate surface area is 229 Å². The first-order valence-electron chi connectivity index (χ1n) is 13.6. The first kappa shape index (κ1) is 30.5. The Hall–Kier alpha value is -3.08. The molecule has 39 heavy (non-hydrogen) atoms. The molecule has 9 nitrogen and oxygen atoms in total. The standard InChI is InChI=1S/C29H41FN4O5/c1-29(38,22-10-4-3-5-11-22)28(37)33-25(27(35)36)15-18-34(20-24(19-30)39-2)17-7-6-12-23-14-13-21-9-8-16-31-26(21)32-23/h3-5,10-11,13-14,24-25,38H,6-9,12,15-20H2,1-2H3,(H,31,32)(H,33,37)(H,35,36)/t24?,25-,29+/m0/s1. The van der Waals surface area contributed by atoms with Gasteiger partial charge in [0.15, 0.2) is 5.60 Å². The van der Waals surface area contributed by atoms with Gasteiger partial charge in [0.25, 0.3) is 5.91 Å². The summed E-state index contributed by atoms with van der Waals surface area (Å²) in [7, 11) is 1.45. The van der Waals surface area contributed by atoms with Gasteiger partial charge >= 0.3 is 5.97 Å². The van der Waals surface area contributed by atoms with Crippen LogP contribution in [-0.4, -0.2) is 84.1 Å². The number of carbonyl (C=O) groups excluding carboxylic acids is 1. The number of hydrogen-bond donors (Lipinski definition) is 4. The number of aromatic nitrogens is 1. The minimum absolute atomic E-state index is 0.0900. The number of nitrogens with zero attached hydrogens (tertiary/aromatic N) is 2. The molecule has 3 rings (SSSR count). The van der Waals surface area contributed by atoms with Gasteiger partial charge in [-0.15, -0.1) is 0 Å². The lowest BCUT2D eigenvalue weighted by Crippen LogP contribution is -2.50. The summed E-state index contributed by atoms with van der Waals surface area (Å²) in [6.07, 6.45) is 4.10. The number of rotatable bonds is 16. The molecule has 1 aromatic carbocycles. The fourth-order valence-corrected chi connectivity index (χ4v) is 4.68. The number of fused-ring (bicyclic) bond motifs is 1. The minimum atomic E-state index is -1.88. The van der Waals surface area contributed by atoms with Crippen molar-refractivity contribution in [2.45, 2.75) is 63.2 Å². The van der Waals surface area contributed by atoms with E-state index in [1.54, 1.807) is 30.3 Å². The summed E-state index contributed by atoms with van der Waals surface area (Å²) in [5.41, 5.74) is 0.749. The number of ether oxygens (including phenoxy) is 1. The molecule has 0 saturated carbocycles. The number of aliphatic carboxylic acids is 1. The molecule has 0 saturated heterocycles. The van der Waals surface area contributed by atoms with Gasteiger partial charge in [-0.2, -0.15) is 0 Å². The van der Waals surface area contributed by atoms with E-state index in [2.05, 4.69) is 22.8 Å². The van der Waals surface area contributed by atoms with Crippen molar-refractivity contribution >= 4 is 17.7 Å². The molecule has 0 radical (unpaired) electrons. The van der Waals surface area contributed by atoms with E-state index in [0.717, 1.165) is 50.2 Å². The fraction of sp³-hybridized carbons (Fsp3) is 0.552. The molecule has 0 fully saturated rings. The van der Waals surface area contributed by atoms with Gasteiger partial charge < -0.3 is 30.5 Å². The molecule has 0 aliphatic carbocycles. The zero-order chi connectivity index (χ0) is 28.3. The molecule has 1 aliphatic rings. The van der Waals surface area contributed by atoms with Crippen molar-refractivity contribution in [2.24, 2.45) is 0 Å². The number of anilines is 1. The van der Waals surface area contributed by atoms with Crippen LogP contribution in [0.1, 0.15) is 49.4 Å². The summed E-state index contributed by atoms with van der Waals surface area (Å²) in [5.74, 6) is -1.02. The molecule has 3 atom stereocenters. The first-order chi connectivity index (χ1) is 18.7.